The average molecular weight is 315 g/mol. The van der Waals surface area contributed by atoms with Crippen LogP contribution in [-0.2, 0) is 10.5 Å². The highest BCUT2D eigenvalue weighted by molar-refractivity contribution is 7.98. The van der Waals surface area contributed by atoms with Crippen molar-refractivity contribution in [3.63, 3.8) is 0 Å². The Morgan fingerprint density at radius 1 is 1.14 bits per heavy atom. The first kappa shape index (κ1) is 16.6. The van der Waals surface area contributed by atoms with Gasteiger partial charge in [0.05, 0.1) is 6.61 Å². The number of rotatable bonds is 7. The van der Waals surface area contributed by atoms with Gasteiger partial charge in [-0.25, -0.2) is 0 Å². The molecule has 0 spiro atoms. The van der Waals surface area contributed by atoms with E-state index in [0.29, 0.717) is 12.2 Å². The Bertz CT molecular complexity index is 584. The molecule has 0 saturated heterocycles. The van der Waals surface area contributed by atoms with Crippen molar-refractivity contribution in [2.75, 3.05) is 13.7 Å². The number of amides is 1. The average Bonchev–Trinajstić information content (AvgIpc) is 2.54. The quantitative estimate of drug-likeness (QED) is 0.791. The summed E-state index contributed by atoms with van der Waals surface area (Å²) in [5.41, 5.74) is 1.88. The number of ether oxygens (including phenoxy) is 1. The second-order valence-corrected chi connectivity index (χ2v) is 6.18. The summed E-state index contributed by atoms with van der Waals surface area (Å²) in [6.07, 6.45) is 0. The number of hydrogen-bond acceptors (Lipinski definition) is 3. The van der Waals surface area contributed by atoms with Crippen LogP contribution in [0.15, 0.2) is 59.5 Å². The largest absolute Gasteiger partial charge is 0.383 e. The summed E-state index contributed by atoms with van der Waals surface area (Å²) >= 11 is 1.79. The molecule has 1 amide bonds. The van der Waals surface area contributed by atoms with Crippen LogP contribution in [0.5, 0.6) is 0 Å². The summed E-state index contributed by atoms with van der Waals surface area (Å²) in [4.78, 5) is 13.3. The molecule has 4 heteroatoms. The SMILES string of the molecule is COC[C@@H](C)NC(=O)c1ccc(CSc2ccccc2)cc1. The van der Waals surface area contributed by atoms with Crippen molar-refractivity contribution in [3.05, 3.63) is 65.7 Å². The third-order valence-corrected chi connectivity index (χ3v) is 4.24. The molecule has 2 rings (SSSR count). The molecule has 0 radical (unpaired) electrons. The van der Waals surface area contributed by atoms with Crippen molar-refractivity contribution in [1.82, 2.24) is 5.32 Å². The lowest BCUT2D eigenvalue weighted by molar-refractivity contribution is 0.0905. The molecule has 0 aromatic heterocycles. The second-order valence-electron chi connectivity index (χ2n) is 5.13. The third kappa shape index (κ3) is 5.20. The summed E-state index contributed by atoms with van der Waals surface area (Å²) in [7, 11) is 1.63. The molecule has 3 nitrogen and oxygen atoms in total. The van der Waals surface area contributed by atoms with E-state index in [1.165, 1.54) is 10.5 Å². The van der Waals surface area contributed by atoms with Gasteiger partial charge in [-0.3, -0.25) is 4.79 Å². The van der Waals surface area contributed by atoms with Crippen LogP contribution in [0.2, 0.25) is 0 Å². The highest BCUT2D eigenvalue weighted by atomic mass is 32.2. The van der Waals surface area contributed by atoms with Crippen molar-refractivity contribution in [2.24, 2.45) is 0 Å². The predicted octanol–water partition coefficient (Wildman–Crippen LogP) is 3.74. The Morgan fingerprint density at radius 3 is 2.45 bits per heavy atom. The zero-order valence-corrected chi connectivity index (χ0v) is 13.7. The maximum atomic E-state index is 12.0. The number of hydrogen-bond donors (Lipinski definition) is 1. The molecule has 116 valence electrons. The molecule has 0 saturated carbocycles. The van der Waals surface area contributed by atoms with Crippen molar-refractivity contribution in [3.8, 4) is 0 Å². The van der Waals surface area contributed by atoms with Crippen molar-refractivity contribution < 1.29 is 9.53 Å². The van der Waals surface area contributed by atoms with E-state index < -0.39 is 0 Å². The molecule has 0 bridgehead atoms. The van der Waals surface area contributed by atoms with Gasteiger partial charge >= 0.3 is 0 Å². The zero-order valence-electron chi connectivity index (χ0n) is 12.9. The summed E-state index contributed by atoms with van der Waals surface area (Å²) in [5.74, 6) is 0.832. The normalized spacial score (nSPS) is 11.9. The van der Waals surface area contributed by atoms with Crippen LogP contribution in [0.3, 0.4) is 0 Å². The fourth-order valence-electron chi connectivity index (χ4n) is 2.03. The smallest absolute Gasteiger partial charge is 0.251 e. The molecule has 0 aliphatic heterocycles. The van der Waals surface area contributed by atoms with Gasteiger partial charge in [0.15, 0.2) is 0 Å². The molecule has 0 aliphatic carbocycles. The van der Waals surface area contributed by atoms with Gasteiger partial charge < -0.3 is 10.1 Å². The Labute approximate surface area is 136 Å². The minimum Gasteiger partial charge on any atom is -0.383 e. The maximum Gasteiger partial charge on any atom is 0.251 e. The number of nitrogens with one attached hydrogen (secondary N) is 1. The van der Waals surface area contributed by atoms with Crippen LogP contribution in [0, 0.1) is 0 Å². The maximum absolute atomic E-state index is 12.0. The minimum absolute atomic E-state index is 0.00538. The monoisotopic (exact) mass is 315 g/mol. The van der Waals surface area contributed by atoms with E-state index in [0.717, 1.165) is 5.75 Å². The van der Waals surface area contributed by atoms with E-state index in [1.54, 1.807) is 18.9 Å². The minimum atomic E-state index is -0.0631. The van der Waals surface area contributed by atoms with E-state index in [1.807, 2.05) is 49.4 Å². The van der Waals surface area contributed by atoms with E-state index >= 15 is 0 Å². The molecule has 1 N–H and O–H groups in total. The first-order valence-electron chi connectivity index (χ1n) is 7.25. The summed E-state index contributed by atoms with van der Waals surface area (Å²) in [6.45, 7) is 2.43. The molecule has 22 heavy (non-hydrogen) atoms. The number of carbonyl (C=O) groups excluding carboxylic acids is 1. The summed E-state index contributed by atoms with van der Waals surface area (Å²) in [6, 6.07) is 18.1. The number of benzene rings is 2. The predicted molar refractivity (Wildman–Crippen MR) is 91.2 cm³/mol. The van der Waals surface area contributed by atoms with Gasteiger partial charge in [-0.05, 0) is 36.8 Å². The highest BCUT2D eigenvalue weighted by Gasteiger charge is 2.09. The van der Waals surface area contributed by atoms with Gasteiger partial charge in [0.25, 0.3) is 5.91 Å². The van der Waals surface area contributed by atoms with Crippen molar-refractivity contribution >= 4 is 17.7 Å². The second kappa shape index (κ2) is 8.61. The first-order chi connectivity index (χ1) is 10.7. The molecular formula is C18H21NO2S. The molecule has 2 aromatic rings. The fraction of sp³-hybridized carbons (Fsp3) is 0.278. The third-order valence-electron chi connectivity index (χ3n) is 3.16. The van der Waals surface area contributed by atoms with E-state index in [-0.39, 0.29) is 11.9 Å². The van der Waals surface area contributed by atoms with Crippen LogP contribution in [0.1, 0.15) is 22.8 Å². The molecule has 0 aliphatic rings. The van der Waals surface area contributed by atoms with Crippen molar-refractivity contribution in [1.29, 1.82) is 0 Å². The molecule has 2 aromatic carbocycles. The Kier molecular flexibility index (Phi) is 6.49. The summed E-state index contributed by atoms with van der Waals surface area (Å²) in [5, 5.41) is 2.91. The topological polar surface area (TPSA) is 38.3 Å². The number of carbonyl (C=O) groups is 1. The number of methoxy groups -OCH3 is 1. The standard InChI is InChI=1S/C18H21NO2S/c1-14(12-21-2)19-18(20)16-10-8-15(9-11-16)13-22-17-6-4-3-5-7-17/h3-11,14H,12-13H2,1-2H3,(H,19,20)/t14-/m1/s1. The van der Waals surface area contributed by atoms with Crippen LogP contribution >= 0.6 is 11.8 Å². The van der Waals surface area contributed by atoms with Crippen LogP contribution in [0.4, 0.5) is 0 Å². The fourth-order valence-corrected chi connectivity index (χ4v) is 2.91. The molecule has 1 atom stereocenters. The van der Waals surface area contributed by atoms with Gasteiger partial charge in [0.2, 0.25) is 0 Å². The van der Waals surface area contributed by atoms with E-state index in [4.69, 9.17) is 4.74 Å². The Balaban J connectivity index is 1.88. The molecule has 0 heterocycles. The zero-order chi connectivity index (χ0) is 15.8. The van der Waals surface area contributed by atoms with Gasteiger partial charge in [0, 0.05) is 29.4 Å². The number of thioether (sulfide) groups is 1. The lowest BCUT2D eigenvalue weighted by Crippen LogP contribution is -2.35. The lowest BCUT2D eigenvalue weighted by Gasteiger charge is -2.12. The van der Waals surface area contributed by atoms with Crippen molar-refractivity contribution in [2.45, 2.75) is 23.6 Å². The van der Waals surface area contributed by atoms with Crippen LogP contribution in [-0.4, -0.2) is 25.7 Å². The van der Waals surface area contributed by atoms with Crippen LogP contribution in [0.25, 0.3) is 0 Å². The van der Waals surface area contributed by atoms with E-state index in [9.17, 15) is 4.79 Å². The van der Waals surface area contributed by atoms with Gasteiger partial charge in [-0.1, -0.05) is 30.3 Å². The highest BCUT2D eigenvalue weighted by Crippen LogP contribution is 2.22. The van der Waals surface area contributed by atoms with Gasteiger partial charge in [-0.15, -0.1) is 11.8 Å². The lowest BCUT2D eigenvalue weighted by atomic mass is 10.1. The van der Waals surface area contributed by atoms with Gasteiger partial charge in [-0.2, -0.15) is 0 Å². The molecular weight excluding hydrogens is 294 g/mol. The van der Waals surface area contributed by atoms with E-state index in [2.05, 4.69) is 17.4 Å². The molecule has 0 fully saturated rings. The summed E-state index contributed by atoms with van der Waals surface area (Å²) < 4.78 is 5.02. The first-order valence-corrected chi connectivity index (χ1v) is 8.24. The van der Waals surface area contributed by atoms with Gasteiger partial charge in [0.1, 0.15) is 0 Å². The molecule has 0 unspecified atom stereocenters. The van der Waals surface area contributed by atoms with Crippen LogP contribution < -0.4 is 5.32 Å². The Morgan fingerprint density at radius 2 is 1.82 bits per heavy atom. The Hall–Kier alpha value is -1.78.